The average Bonchev–Trinajstić information content (AvgIpc) is 2.91. The Morgan fingerprint density at radius 2 is 1.59 bits per heavy atom. The van der Waals surface area contributed by atoms with Crippen LogP contribution in [0.2, 0.25) is 0 Å². The SMILES string of the molecule is CCCN1C(=O)c2ccccc2[C@@H](C(=O)Nc2ccc(C)c(C)c2)[C@@H]1c1cc(OC)c(OC)c(OC)c1. The Bertz CT molecular complexity index is 1290. The number of carbonyl (C=O) groups is 2. The quantitative estimate of drug-likeness (QED) is 0.430. The van der Waals surface area contributed by atoms with Crippen LogP contribution in [0.3, 0.4) is 0 Å². The number of hydrogen-bond acceptors (Lipinski definition) is 5. The van der Waals surface area contributed by atoms with E-state index in [1.165, 1.54) is 0 Å². The number of aryl methyl sites for hydroxylation is 2. The number of methoxy groups -OCH3 is 3. The summed E-state index contributed by atoms with van der Waals surface area (Å²) >= 11 is 0. The maximum Gasteiger partial charge on any atom is 0.254 e. The first-order valence-corrected chi connectivity index (χ1v) is 12.4. The van der Waals surface area contributed by atoms with Gasteiger partial charge in [0.05, 0.1) is 33.3 Å². The van der Waals surface area contributed by atoms with E-state index in [1.807, 2.05) is 69.3 Å². The van der Waals surface area contributed by atoms with Crippen LogP contribution < -0.4 is 19.5 Å². The molecule has 37 heavy (non-hydrogen) atoms. The molecule has 1 N–H and O–H groups in total. The summed E-state index contributed by atoms with van der Waals surface area (Å²) in [6.45, 7) is 6.56. The molecule has 2 amide bonds. The lowest BCUT2D eigenvalue weighted by atomic mass is 9.78. The van der Waals surface area contributed by atoms with Crippen molar-refractivity contribution in [3.63, 3.8) is 0 Å². The Hall–Kier alpha value is -4.00. The summed E-state index contributed by atoms with van der Waals surface area (Å²) in [4.78, 5) is 29.6. The zero-order chi connectivity index (χ0) is 26.7. The van der Waals surface area contributed by atoms with Gasteiger partial charge in [0.1, 0.15) is 0 Å². The molecule has 1 aliphatic heterocycles. The summed E-state index contributed by atoms with van der Waals surface area (Å²) in [5.41, 5.74) is 4.92. The lowest BCUT2D eigenvalue weighted by molar-refractivity contribution is -0.119. The van der Waals surface area contributed by atoms with Gasteiger partial charge < -0.3 is 24.4 Å². The van der Waals surface area contributed by atoms with Crippen molar-refractivity contribution in [3.05, 3.63) is 82.4 Å². The van der Waals surface area contributed by atoms with Crippen molar-refractivity contribution < 1.29 is 23.8 Å². The molecule has 1 heterocycles. The van der Waals surface area contributed by atoms with E-state index in [1.54, 1.807) is 32.3 Å². The molecule has 1 aliphatic rings. The number of hydrogen-bond donors (Lipinski definition) is 1. The first-order valence-electron chi connectivity index (χ1n) is 12.4. The third-order valence-electron chi connectivity index (χ3n) is 6.99. The van der Waals surface area contributed by atoms with Gasteiger partial charge in [-0.1, -0.05) is 31.2 Å². The zero-order valence-electron chi connectivity index (χ0n) is 22.3. The van der Waals surface area contributed by atoms with Crippen molar-refractivity contribution in [2.24, 2.45) is 0 Å². The van der Waals surface area contributed by atoms with E-state index in [-0.39, 0.29) is 11.8 Å². The number of benzene rings is 3. The van der Waals surface area contributed by atoms with Gasteiger partial charge in [0, 0.05) is 17.8 Å². The van der Waals surface area contributed by atoms with Crippen LogP contribution in [0.25, 0.3) is 0 Å². The highest BCUT2D eigenvalue weighted by molar-refractivity contribution is 6.04. The van der Waals surface area contributed by atoms with Crippen LogP contribution in [0.15, 0.2) is 54.6 Å². The summed E-state index contributed by atoms with van der Waals surface area (Å²) < 4.78 is 16.7. The molecule has 194 valence electrons. The molecule has 0 bridgehead atoms. The number of rotatable bonds is 8. The first kappa shape index (κ1) is 26.1. The van der Waals surface area contributed by atoms with Crippen LogP contribution >= 0.6 is 0 Å². The summed E-state index contributed by atoms with van der Waals surface area (Å²) in [5, 5.41) is 3.11. The normalized spacial score (nSPS) is 16.7. The fourth-order valence-electron chi connectivity index (χ4n) is 5.04. The smallest absolute Gasteiger partial charge is 0.254 e. The largest absolute Gasteiger partial charge is 0.493 e. The van der Waals surface area contributed by atoms with Crippen molar-refractivity contribution in [3.8, 4) is 17.2 Å². The van der Waals surface area contributed by atoms with Crippen LogP contribution in [0.1, 0.15) is 57.9 Å². The van der Waals surface area contributed by atoms with E-state index >= 15 is 0 Å². The molecule has 0 saturated carbocycles. The third kappa shape index (κ3) is 4.86. The highest BCUT2D eigenvalue weighted by Crippen LogP contribution is 2.47. The first-order chi connectivity index (χ1) is 17.8. The van der Waals surface area contributed by atoms with E-state index in [9.17, 15) is 9.59 Å². The topological polar surface area (TPSA) is 77.1 Å². The molecule has 0 saturated heterocycles. The highest BCUT2D eigenvalue weighted by atomic mass is 16.5. The number of ether oxygens (including phenoxy) is 3. The van der Waals surface area contributed by atoms with Crippen LogP contribution in [-0.4, -0.2) is 44.6 Å². The fourth-order valence-corrected chi connectivity index (χ4v) is 5.04. The second-order valence-corrected chi connectivity index (χ2v) is 9.26. The van der Waals surface area contributed by atoms with Gasteiger partial charge in [-0.15, -0.1) is 0 Å². The molecule has 4 rings (SSSR count). The van der Waals surface area contributed by atoms with Gasteiger partial charge in [0.25, 0.3) is 5.91 Å². The van der Waals surface area contributed by atoms with E-state index in [4.69, 9.17) is 14.2 Å². The minimum absolute atomic E-state index is 0.105. The van der Waals surface area contributed by atoms with Crippen LogP contribution in [0, 0.1) is 13.8 Å². The number of anilines is 1. The third-order valence-corrected chi connectivity index (χ3v) is 6.99. The van der Waals surface area contributed by atoms with E-state index in [2.05, 4.69) is 5.32 Å². The molecular weight excluding hydrogens is 468 g/mol. The molecule has 0 fully saturated rings. The molecule has 0 radical (unpaired) electrons. The standard InChI is InChI=1S/C30H34N2O5/c1-7-14-32-27(20-16-24(35-4)28(37-6)25(17-20)36-5)26(22-10-8-9-11-23(22)30(32)34)29(33)31-21-13-12-18(2)19(3)15-21/h8-13,15-17,26-27H,7,14H2,1-6H3,(H,31,33)/t26-,27+/m1/s1. The van der Waals surface area contributed by atoms with Gasteiger partial charge >= 0.3 is 0 Å². The monoisotopic (exact) mass is 502 g/mol. The molecule has 3 aromatic rings. The second kappa shape index (κ2) is 10.9. The predicted molar refractivity (Wildman–Crippen MR) is 144 cm³/mol. The Kier molecular flexibility index (Phi) is 7.71. The molecule has 2 atom stereocenters. The van der Waals surface area contributed by atoms with Crippen LogP contribution in [0.5, 0.6) is 17.2 Å². The van der Waals surface area contributed by atoms with Crippen molar-refractivity contribution >= 4 is 17.5 Å². The predicted octanol–water partition coefficient (Wildman–Crippen LogP) is 5.66. The van der Waals surface area contributed by atoms with Crippen molar-refractivity contribution in [2.75, 3.05) is 33.2 Å². The summed E-state index contributed by atoms with van der Waals surface area (Å²) in [7, 11) is 4.65. The molecule has 3 aromatic carbocycles. The maximum atomic E-state index is 14.1. The molecule has 0 spiro atoms. The Labute approximate surface area is 218 Å². The number of fused-ring (bicyclic) bond motifs is 1. The molecular formula is C30H34N2O5. The second-order valence-electron chi connectivity index (χ2n) is 9.26. The van der Waals surface area contributed by atoms with Crippen LogP contribution in [0.4, 0.5) is 5.69 Å². The summed E-state index contributed by atoms with van der Waals surface area (Å²) in [6.07, 6.45) is 0.736. The van der Waals surface area contributed by atoms with Gasteiger partial charge in [-0.2, -0.15) is 0 Å². The molecule has 7 heteroatoms. The Morgan fingerprint density at radius 1 is 0.919 bits per heavy atom. The van der Waals surface area contributed by atoms with E-state index < -0.39 is 12.0 Å². The van der Waals surface area contributed by atoms with Gasteiger partial charge in [0.2, 0.25) is 11.7 Å². The molecule has 0 unspecified atom stereocenters. The van der Waals surface area contributed by atoms with Crippen molar-refractivity contribution in [1.29, 1.82) is 0 Å². The lowest BCUT2D eigenvalue weighted by Crippen LogP contribution is -2.46. The molecule has 0 aliphatic carbocycles. The number of amides is 2. The molecule has 7 nitrogen and oxygen atoms in total. The fraction of sp³-hybridized carbons (Fsp3) is 0.333. The van der Waals surface area contributed by atoms with Crippen molar-refractivity contribution in [1.82, 2.24) is 4.90 Å². The number of nitrogens with zero attached hydrogens (tertiary/aromatic N) is 1. The summed E-state index contributed by atoms with van der Waals surface area (Å²) in [6, 6.07) is 16.3. The minimum Gasteiger partial charge on any atom is -0.493 e. The van der Waals surface area contributed by atoms with Crippen molar-refractivity contribution in [2.45, 2.75) is 39.2 Å². The zero-order valence-corrected chi connectivity index (χ0v) is 22.3. The molecule has 0 aromatic heterocycles. The Morgan fingerprint density at radius 3 is 2.19 bits per heavy atom. The maximum absolute atomic E-state index is 14.1. The van der Waals surface area contributed by atoms with Gasteiger partial charge in [-0.3, -0.25) is 9.59 Å². The number of carbonyl (C=O) groups excluding carboxylic acids is 2. The minimum atomic E-state index is -0.662. The number of nitrogens with one attached hydrogen (secondary N) is 1. The Balaban J connectivity index is 1.91. The highest BCUT2D eigenvalue weighted by Gasteiger charge is 2.44. The van der Waals surface area contributed by atoms with Gasteiger partial charge in [-0.05, 0) is 72.9 Å². The van der Waals surface area contributed by atoms with E-state index in [0.717, 1.165) is 23.1 Å². The average molecular weight is 503 g/mol. The van der Waals surface area contributed by atoms with Crippen LogP contribution in [-0.2, 0) is 4.79 Å². The summed E-state index contributed by atoms with van der Waals surface area (Å²) in [5.74, 6) is 0.426. The van der Waals surface area contributed by atoms with Gasteiger partial charge in [0.15, 0.2) is 11.5 Å². The lowest BCUT2D eigenvalue weighted by Gasteiger charge is -2.42. The van der Waals surface area contributed by atoms with Gasteiger partial charge in [-0.25, -0.2) is 0 Å². The van der Waals surface area contributed by atoms with E-state index in [0.29, 0.717) is 40.6 Å².